The van der Waals surface area contributed by atoms with Gasteiger partial charge in [0.25, 0.3) is 0 Å². The summed E-state index contributed by atoms with van der Waals surface area (Å²) >= 11 is 3.39. The standard InChI is InChI=1S/C18H20BrN3O/c19-15-3-4-17(21-12-15)23-18-14(2-1-7-20-18)11-16-10-13-5-8-22(16)9-6-13/h1-4,7,12-13,16H,5-6,8-11H2. The minimum atomic E-state index is 0.582. The predicted molar refractivity (Wildman–Crippen MR) is 92.7 cm³/mol. The second-order valence-corrected chi connectivity index (χ2v) is 7.37. The summed E-state index contributed by atoms with van der Waals surface area (Å²) in [6.45, 7) is 2.50. The highest BCUT2D eigenvalue weighted by Crippen LogP contribution is 2.34. The Hall–Kier alpha value is -1.46. The van der Waals surface area contributed by atoms with E-state index in [0.29, 0.717) is 17.8 Å². The summed E-state index contributed by atoms with van der Waals surface area (Å²) in [4.78, 5) is 11.3. The molecule has 3 fully saturated rings. The maximum Gasteiger partial charge on any atom is 0.224 e. The average molecular weight is 374 g/mol. The van der Waals surface area contributed by atoms with Gasteiger partial charge < -0.3 is 9.64 Å². The van der Waals surface area contributed by atoms with Crippen molar-refractivity contribution in [2.75, 3.05) is 13.1 Å². The van der Waals surface area contributed by atoms with Crippen LogP contribution in [-0.2, 0) is 6.42 Å². The lowest BCUT2D eigenvalue weighted by molar-refractivity contribution is 0.0495. The second-order valence-electron chi connectivity index (χ2n) is 6.46. The van der Waals surface area contributed by atoms with Crippen LogP contribution in [0.2, 0.25) is 0 Å². The number of fused-ring (bicyclic) bond motifs is 3. The van der Waals surface area contributed by atoms with Gasteiger partial charge in [-0.2, -0.15) is 0 Å². The lowest BCUT2D eigenvalue weighted by Crippen LogP contribution is -2.49. The lowest BCUT2D eigenvalue weighted by atomic mass is 9.81. The molecule has 3 aliphatic heterocycles. The van der Waals surface area contributed by atoms with Crippen molar-refractivity contribution in [1.82, 2.24) is 14.9 Å². The molecule has 5 heteroatoms. The maximum atomic E-state index is 5.92. The molecular weight excluding hydrogens is 354 g/mol. The first-order valence-corrected chi connectivity index (χ1v) is 9.04. The number of ether oxygens (including phenoxy) is 1. The van der Waals surface area contributed by atoms with Crippen molar-refractivity contribution in [2.24, 2.45) is 5.92 Å². The zero-order valence-corrected chi connectivity index (χ0v) is 14.6. The van der Waals surface area contributed by atoms with Crippen molar-refractivity contribution in [3.05, 3.63) is 46.7 Å². The van der Waals surface area contributed by atoms with Crippen molar-refractivity contribution in [1.29, 1.82) is 0 Å². The minimum Gasteiger partial charge on any atom is -0.420 e. The topological polar surface area (TPSA) is 38.2 Å². The number of piperidine rings is 3. The summed E-state index contributed by atoms with van der Waals surface area (Å²) in [7, 11) is 0. The molecule has 23 heavy (non-hydrogen) atoms. The average Bonchev–Trinajstić information content (AvgIpc) is 2.60. The zero-order valence-electron chi connectivity index (χ0n) is 13.0. The normalized spacial score (nSPS) is 26.2. The number of halogens is 1. The largest absolute Gasteiger partial charge is 0.420 e. The number of aromatic nitrogens is 2. The molecule has 0 aromatic carbocycles. The Balaban J connectivity index is 1.51. The fraction of sp³-hybridized carbons (Fsp3) is 0.444. The van der Waals surface area contributed by atoms with Gasteiger partial charge in [0.15, 0.2) is 0 Å². The SMILES string of the molecule is Brc1ccc(Oc2ncccc2CC2CC3CCN2CC3)nc1. The molecule has 120 valence electrons. The molecule has 0 amide bonds. The Labute approximate surface area is 145 Å². The fourth-order valence-corrected chi connectivity index (χ4v) is 3.98. The lowest BCUT2D eigenvalue weighted by Gasteiger charge is -2.45. The van der Waals surface area contributed by atoms with E-state index in [2.05, 4.69) is 36.9 Å². The Morgan fingerprint density at radius 3 is 2.74 bits per heavy atom. The first kappa shape index (κ1) is 15.1. The van der Waals surface area contributed by atoms with Gasteiger partial charge in [0.1, 0.15) is 0 Å². The molecule has 0 saturated carbocycles. The van der Waals surface area contributed by atoms with Crippen LogP contribution >= 0.6 is 15.9 Å². The highest BCUT2D eigenvalue weighted by molar-refractivity contribution is 9.10. The van der Waals surface area contributed by atoms with Crippen molar-refractivity contribution < 1.29 is 4.74 Å². The highest BCUT2D eigenvalue weighted by Gasteiger charge is 2.33. The van der Waals surface area contributed by atoms with Crippen molar-refractivity contribution in [3.63, 3.8) is 0 Å². The maximum absolute atomic E-state index is 5.92. The van der Waals surface area contributed by atoms with Gasteiger partial charge in [-0.3, -0.25) is 0 Å². The van der Waals surface area contributed by atoms with Crippen molar-refractivity contribution in [2.45, 2.75) is 31.7 Å². The van der Waals surface area contributed by atoms with Crippen LogP contribution in [0.25, 0.3) is 0 Å². The number of nitrogens with zero attached hydrogens (tertiary/aromatic N) is 3. The highest BCUT2D eigenvalue weighted by atomic mass is 79.9. The smallest absolute Gasteiger partial charge is 0.224 e. The third-order valence-corrected chi connectivity index (χ3v) is 5.45. The van der Waals surface area contributed by atoms with E-state index in [1.807, 2.05) is 18.2 Å². The van der Waals surface area contributed by atoms with E-state index in [9.17, 15) is 0 Å². The second kappa shape index (κ2) is 6.57. The van der Waals surface area contributed by atoms with Crippen LogP contribution in [0.15, 0.2) is 41.1 Å². The summed E-state index contributed by atoms with van der Waals surface area (Å²) in [6, 6.07) is 8.54. The van der Waals surface area contributed by atoms with Gasteiger partial charge in [-0.05, 0) is 72.8 Å². The molecule has 0 N–H and O–H groups in total. The van der Waals surface area contributed by atoms with Crippen LogP contribution in [0.1, 0.15) is 24.8 Å². The van der Waals surface area contributed by atoms with E-state index in [1.165, 1.54) is 37.9 Å². The molecular formula is C18H20BrN3O. The summed E-state index contributed by atoms with van der Waals surface area (Å²) in [5, 5.41) is 0. The molecule has 2 aromatic heterocycles. The van der Waals surface area contributed by atoms with E-state index in [-0.39, 0.29) is 0 Å². The van der Waals surface area contributed by atoms with Gasteiger partial charge in [-0.15, -0.1) is 0 Å². The number of rotatable bonds is 4. The Bertz CT molecular complexity index is 668. The molecule has 4 nitrogen and oxygen atoms in total. The van der Waals surface area contributed by atoms with E-state index < -0.39 is 0 Å². The molecule has 2 aromatic rings. The third kappa shape index (κ3) is 3.40. The zero-order chi connectivity index (χ0) is 15.6. The van der Waals surface area contributed by atoms with E-state index in [1.54, 1.807) is 12.4 Å². The van der Waals surface area contributed by atoms with Crippen molar-refractivity contribution >= 4 is 15.9 Å². The third-order valence-electron chi connectivity index (χ3n) is 4.98. The van der Waals surface area contributed by atoms with Crippen LogP contribution < -0.4 is 4.74 Å². The van der Waals surface area contributed by atoms with Crippen LogP contribution in [0.3, 0.4) is 0 Å². The van der Waals surface area contributed by atoms with Gasteiger partial charge in [0.2, 0.25) is 11.8 Å². The molecule has 0 radical (unpaired) electrons. The number of pyridine rings is 2. The van der Waals surface area contributed by atoms with Gasteiger partial charge in [-0.25, -0.2) is 9.97 Å². The van der Waals surface area contributed by atoms with E-state index in [0.717, 1.165) is 16.8 Å². The molecule has 0 spiro atoms. The number of hydrogen-bond donors (Lipinski definition) is 0. The van der Waals surface area contributed by atoms with E-state index >= 15 is 0 Å². The molecule has 2 bridgehead atoms. The summed E-state index contributed by atoms with van der Waals surface area (Å²) in [5.41, 5.74) is 1.18. The quantitative estimate of drug-likeness (QED) is 0.809. The summed E-state index contributed by atoms with van der Waals surface area (Å²) in [6.07, 6.45) is 8.58. The van der Waals surface area contributed by atoms with Crippen LogP contribution in [-0.4, -0.2) is 34.0 Å². The van der Waals surface area contributed by atoms with Gasteiger partial charge in [0, 0.05) is 34.5 Å². The minimum absolute atomic E-state index is 0.582. The first-order chi connectivity index (χ1) is 11.3. The first-order valence-electron chi connectivity index (χ1n) is 8.25. The fourth-order valence-electron chi connectivity index (χ4n) is 3.75. The van der Waals surface area contributed by atoms with Gasteiger partial charge >= 0.3 is 0 Å². The van der Waals surface area contributed by atoms with Crippen LogP contribution in [0, 0.1) is 5.92 Å². The van der Waals surface area contributed by atoms with E-state index in [4.69, 9.17) is 4.74 Å². The van der Waals surface area contributed by atoms with Crippen molar-refractivity contribution in [3.8, 4) is 11.8 Å². The summed E-state index contributed by atoms with van der Waals surface area (Å²) < 4.78 is 6.87. The Morgan fingerprint density at radius 1 is 1.17 bits per heavy atom. The number of hydrogen-bond acceptors (Lipinski definition) is 4. The molecule has 5 heterocycles. The Kier molecular flexibility index (Phi) is 4.31. The predicted octanol–water partition coefficient (Wildman–Crippen LogP) is 4.06. The molecule has 5 rings (SSSR count). The van der Waals surface area contributed by atoms with Gasteiger partial charge in [0.05, 0.1) is 0 Å². The van der Waals surface area contributed by atoms with Crippen LogP contribution in [0.5, 0.6) is 11.8 Å². The molecule has 0 aliphatic carbocycles. The Morgan fingerprint density at radius 2 is 2.04 bits per heavy atom. The molecule has 1 unspecified atom stereocenters. The molecule has 1 atom stereocenters. The molecule has 3 aliphatic rings. The van der Waals surface area contributed by atoms with Gasteiger partial charge in [-0.1, -0.05) is 6.07 Å². The summed E-state index contributed by atoms with van der Waals surface area (Å²) in [5.74, 6) is 2.18. The van der Waals surface area contributed by atoms with Crippen LogP contribution in [0.4, 0.5) is 0 Å². The monoisotopic (exact) mass is 373 g/mol. The molecule has 3 saturated heterocycles.